The molecule has 3 nitrogen and oxygen atoms in total. The van der Waals surface area contributed by atoms with E-state index in [0.29, 0.717) is 6.04 Å². The number of hydrogen-bond donors (Lipinski definition) is 1. The van der Waals surface area contributed by atoms with E-state index in [0.717, 1.165) is 19.3 Å². The van der Waals surface area contributed by atoms with Crippen molar-refractivity contribution in [3.8, 4) is 0 Å². The third kappa shape index (κ3) is 0.771. The molecule has 0 aliphatic carbocycles. The molecular formula is C9H13NO2. The Morgan fingerprint density at radius 1 is 1.75 bits per heavy atom. The van der Waals surface area contributed by atoms with Gasteiger partial charge in [-0.15, -0.1) is 0 Å². The summed E-state index contributed by atoms with van der Waals surface area (Å²) in [6.45, 7) is 0. The maximum Gasteiger partial charge on any atom is 0.328 e. The first-order valence-electron chi connectivity index (χ1n) is 4.32. The summed E-state index contributed by atoms with van der Waals surface area (Å²) >= 11 is 0. The molecule has 1 saturated heterocycles. The number of hydrogen-bond acceptors (Lipinski definition) is 2. The van der Waals surface area contributed by atoms with Crippen LogP contribution in [0.2, 0.25) is 0 Å². The average molecular weight is 167 g/mol. The van der Waals surface area contributed by atoms with Crippen LogP contribution in [0, 0.1) is 0 Å². The maximum absolute atomic E-state index is 11.1. The number of carboxylic acid groups (broad SMARTS) is 1. The molecule has 1 fully saturated rings. The molecule has 2 atom stereocenters. The van der Waals surface area contributed by atoms with Crippen molar-refractivity contribution in [3.05, 3.63) is 12.2 Å². The SMILES string of the molecule is CN1C2C=CC1(C(=O)O)CCC2. The standard InChI is InChI=1S/C9H13NO2/c1-10-7-3-2-5-9(10,6-4-7)8(11)12/h4,6-7H,2-3,5H2,1H3,(H,11,12). The summed E-state index contributed by atoms with van der Waals surface area (Å²) < 4.78 is 0. The van der Waals surface area contributed by atoms with Gasteiger partial charge in [-0.25, -0.2) is 4.79 Å². The summed E-state index contributed by atoms with van der Waals surface area (Å²) in [6, 6.07) is 0.356. The van der Waals surface area contributed by atoms with Crippen LogP contribution in [0.25, 0.3) is 0 Å². The molecule has 2 rings (SSSR count). The first-order chi connectivity index (χ1) is 5.67. The zero-order valence-corrected chi connectivity index (χ0v) is 7.16. The van der Waals surface area contributed by atoms with E-state index in [1.807, 2.05) is 24.1 Å². The van der Waals surface area contributed by atoms with E-state index in [2.05, 4.69) is 0 Å². The van der Waals surface area contributed by atoms with E-state index in [1.165, 1.54) is 0 Å². The predicted octanol–water partition coefficient (Wildman–Crippen LogP) is 0.864. The highest BCUT2D eigenvalue weighted by Gasteiger charge is 2.48. The molecular weight excluding hydrogens is 154 g/mol. The largest absolute Gasteiger partial charge is 0.480 e. The highest BCUT2D eigenvalue weighted by atomic mass is 16.4. The van der Waals surface area contributed by atoms with Crippen molar-refractivity contribution in [1.82, 2.24) is 4.90 Å². The second kappa shape index (κ2) is 2.33. The van der Waals surface area contributed by atoms with Gasteiger partial charge in [-0.05, 0) is 26.3 Å². The van der Waals surface area contributed by atoms with Crippen molar-refractivity contribution in [2.75, 3.05) is 7.05 Å². The lowest BCUT2D eigenvalue weighted by atomic mass is 9.89. The van der Waals surface area contributed by atoms with Crippen LogP contribution in [0.15, 0.2) is 12.2 Å². The molecule has 0 aromatic carbocycles. The third-order valence-corrected chi connectivity index (χ3v) is 3.15. The minimum Gasteiger partial charge on any atom is -0.480 e. The summed E-state index contributed by atoms with van der Waals surface area (Å²) in [4.78, 5) is 13.0. The van der Waals surface area contributed by atoms with E-state index in [4.69, 9.17) is 5.11 Å². The van der Waals surface area contributed by atoms with Gasteiger partial charge < -0.3 is 5.11 Å². The molecule has 0 amide bonds. The Kier molecular flexibility index (Phi) is 1.51. The summed E-state index contributed by atoms with van der Waals surface area (Å²) in [5.74, 6) is -0.705. The molecule has 0 radical (unpaired) electrons. The van der Waals surface area contributed by atoms with Crippen LogP contribution in [0.1, 0.15) is 19.3 Å². The van der Waals surface area contributed by atoms with Gasteiger partial charge >= 0.3 is 5.97 Å². The number of likely N-dealkylation sites (N-methyl/N-ethyl adjacent to an activating group) is 1. The van der Waals surface area contributed by atoms with E-state index in [1.54, 1.807) is 0 Å². The van der Waals surface area contributed by atoms with Crippen molar-refractivity contribution in [1.29, 1.82) is 0 Å². The lowest BCUT2D eigenvalue weighted by molar-refractivity contribution is -0.149. The van der Waals surface area contributed by atoms with Gasteiger partial charge in [0.1, 0.15) is 5.54 Å². The maximum atomic E-state index is 11.1. The zero-order chi connectivity index (χ0) is 8.77. The van der Waals surface area contributed by atoms with Crippen molar-refractivity contribution in [2.24, 2.45) is 0 Å². The molecule has 2 unspecified atom stereocenters. The monoisotopic (exact) mass is 167 g/mol. The van der Waals surface area contributed by atoms with Gasteiger partial charge in [0, 0.05) is 6.04 Å². The van der Waals surface area contributed by atoms with Gasteiger partial charge in [0.15, 0.2) is 0 Å². The summed E-state index contributed by atoms with van der Waals surface area (Å²) in [7, 11) is 1.90. The molecule has 66 valence electrons. The lowest BCUT2D eigenvalue weighted by Crippen LogP contribution is -2.53. The Morgan fingerprint density at radius 2 is 2.50 bits per heavy atom. The zero-order valence-electron chi connectivity index (χ0n) is 7.16. The Morgan fingerprint density at radius 3 is 3.08 bits per heavy atom. The fraction of sp³-hybridized carbons (Fsp3) is 0.667. The lowest BCUT2D eigenvalue weighted by Gasteiger charge is -2.39. The van der Waals surface area contributed by atoms with Crippen LogP contribution in [-0.4, -0.2) is 34.6 Å². The Bertz CT molecular complexity index is 249. The van der Waals surface area contributed by atoms with Crippen LogP contribution < -0.4 is 0 Å². The van der Waals surface area contributed by atoms with E-state index in [9.17, 15) is 4.79 Å². The molecule has 2 heterocycles. The number of carboxylic acids is 1. The predicted molar refractivity (Wildman–Crippen MR) is 44.9 cm³/mol. The normalized spacial score (nSPS) is 40.2. The molecule has 12 heavy (non-hydrogen) atoms. The molecule has 1 N–H and O–H groups in total. The molecule has 0 spiro atoms. The molecule has 3 heteroatoms. The number of nitrogens with zero attached hydrogens (tertiary/aromatic N) is 1. The molecule has 0 aromatic heterocycles. The highest BCUT2D eigenvalue weighted by Crippen LogP contribution is 2.37. The third-order valence-electron chi connectivity index (χ3n) is 3.15. The number of carbonyl (C=O) groups is 1. The van der Waals surface area contributed by atoms with Crippen LogP contribution in [0.3, 0.4) is 0 Å². The van der Waals surface area contributed by atoms with Gasteiger partial charge in [0.25, 0.3) is 0 Å². The second-order valence-corrected chi connectivity index (χ2v) is 3.66. The highest BCUT2D eigenvalue weighted by molar-refractivity contribution is 5.82. The van der Waals surface area contributed by atoms with Crippen LogP contribution >= 0.6 is 0 Å². The molecule has 0 aromatic rings. The topological polar surface area (TPSA) is 40.5 Å². The molecule has 2 aliphatic rings. The summed E-state index contributed by atoms with van der Waals surface area (Å²) in [6.07, 6.45) is 6.76. The summed E-state index contributed by atoms with van der Waals surface area (Å²) in [5, 5.41) is 9.09. The number of rotatable bonds is 1. The minimum atomic E-state index is -0.705. The molecule has 2 bridgehead atoms. The van der Waals surface area contributed by atoms with Crippen LogP contribution in [0.4, 0.5) is 0 Å². The van der Waals surface area contributed by atoms with Crippen LogP contribution in [0.5, 0.6) is 0 Å². The Balaban J connectivity index is 2.35. The fourth-order valence-electron chi connectivity index (χ4n) is 2.27. The quantitative estimate of drug-likeness (QED) is 0.589. The summed E-state index contributed by atoms with van der Waals surface area (Å²) in [5.41, 5.74) is -0.678. The molecule has 0 saturated carbocycles. The van der Waals surface area contributed by atoms with Crippen molar-refractivity contribution in [3.63, 3.8) is 0 Å². The van der Waals surface area contributed by atoms with Gasteiger partial charge in [-0.1, -0.05) is 12.2 Å². The Hall–Kier alpha value is -0.830. The van der Waals surface area contributed by atoms with Gasteiger partial charge in [0.2, 0.25) is 0 Å². The van der Waals surface area contributed by atoms with E-state index in [-0.39, 0.29) is 0 Å². The van der Waals surface area contributed by atoms with Crippen molar-refractivity contribution < 1.29 is 9.90 Å². The number of aliphatic carboxylic acids is 1. The first-order valence-corrected chi connectivity index (χ1v) is 4.32. The van der Waals surface area contributed by atoms with Gasteiger partial charge in [-0.3, -0.25) is 4.90 Å². The van der Waals surface area contributed by atoms with Crippen LogP contribution in [-0.2, 0) is 4.79 Å². The smallest absolute Gasteiger partial charge is 0.328 e. The number of fused-ring (bicyclic) bond motifs is 2. The molecule has 2 aliphatic heterocycles. The van der Waals surface area contributed by atoms with Gasteiger partial charge in [-0.2, -0.15) is 0 Å². The van der Waals surface area contributed by atoms with Gasteiger partial charge in [0.05, 0.1) is 0 Å². The first kappa shape index (κ1) is 7.80. The van der Waals surface area contributed by atoms with Crippen molar-refractivity contribution in [2.45, 2.75) is 30.8 Å². The second-order valence-electron chi connectivity index (χ2n) is 3.66. The van der Waals surface area contributed by atoms with E-state index < -0.39 is 11.5 Å². The average Bonchev–Trinajstić information content (AvgIpc) is 2.28. The fourth-order valence-corrected chi connectivity index (χ4v) is 2.27. The minimum absolute atomic E-state index is 0.356. The Labute approximate surface area is 71.7 Å². The van der Waals surface area contributed by atoms with Crippen molar-refractivity contribution >= 4 is 5.97 Å². The van der Waals surface area contributed by atoms with E-state index >= 15 is 0 Å². The number of piperidine rings is 1.